The van der Waals surface area contributed by atoms with Crippen LogP contribution in [0.25, 0.3) is 0 Å². The van der Waals surface area contributed by atoms with Crippen LogP contribution < -0.4 is 10.6 Å². The van der Waals surface area contributed by atoms with Gasteiger partial charge < -0.3 is 14.8 Å². The molecule has 0 aromatic heterocycles. The molecule has 1 fully saturated rings. The van der Waals surface area contributed by atoms with E-state index in [4.69, 9.17) is 9.47 Å². The smallest absolute Gasteiger partial charge is 0.412 e. The lowest BCUT2D eigenvalue weighted by molar-refractivity contribution is -0.150. The molecule has 6 heteroatoms. The molecular weight excluding hydrogens is 320 g/mol. The van der Waals surface area contributed by atoms with Gasteiger partial charge in [-0.05, 0) is 58.7 Å². The van der Waals surface area contributed by atoms with Crippen LogP contribution in [0.4, 0.5) is 10.5 Å². The monoisotopic (exact) mass is 348 g/mol. The van der Waals surface area contributed by atoms with Gasteiger partial charge in [0.2, 0.25) is 0 Å². The van der Waals surface area contributed by atoms with Crippen LogP contribution in [0.15, 0.2) is 24.3 Å². The largest absolute Gasteiger partial charge is 0.466 e. The summed E-state index contributed by atoms with van der Waals surface area (Å²) in [6.07, 6.45) is 1.17. The van der Waals surface area contributed by atoms with Crippen molar-refractivity contribution in [1.29, 1.82) is 0 Å². The number of hydrogen-bond donors (Lipinski definition) is 2. The van der Waals surface area contributed by atoms with Gasteiger partial charge in [-0.3, -0.25) is 10.1 Å². The van der Waals surface area contributed by atoms with Crippen LogP contribution in [0.1, 0.15) is 52.1 Å². The van der Waals surface area contributed by atoms with Gasteiger partial charge in [-0.15, -0.1) is 0 Å². The van der Waals surface area contributed by atoms with Crippen LogP contribution in [0.5, 0.6) is 0 Å². The average molecular weight is 348 g/mol. The van der Waals surface area contributed by atoms with Crippen molar-refractivity contribution in [2.24, 2.45) is 5.92 Å². The number of carbonyl (C=O) groups excluding carboxylic acids is 2. The van der Waals surface area contributed by atoms with E-state index in [0.29, 0.717) is 12.3 Å². The van der Waals surface area contributed by atoms with Gasteiger partial charge in [-0.2, -0.15) is 0 Å². The zero-order valence-electron chi connectivity index (χ0n) is 15.4. The molecule has 1 heterocycles. The summed E-state index contributed by atoms with van der Waals surface area (Å²) in [7, 11) is 0. The Morgan fingerprint density at radius 1 is 1.28 bits per heavy atom. The Balaban J connectivity index is 2.22. The quantitative estimate of drug-likeness (QED) is 0.813. The van der Waals surface area contributed by atoms with Gasteiger partial charge in [0.1, 0.15) is 5.60 Å². The highest BCUT2D eigenvalue weighted by molar-refractivity contribution is 5.86. The molecule has 1 saturated heterocycles. The molecule has 2 N–H and O–H groups in total. The van der Waals surface area contributed by atoms with Crippen molar-refractivity contribution in [1.82, 2.24) is 5.32 Å². The number of esters is 1. The summed E-state index contributed by atoms with van der Waals surface area (Å²) in [5.41, 5.74) is 0.937. The average Bonchev–Trinajstić information content (AvgIpc) is 2.54. The molecule has 25 heavy (non-hydrogen) atoms. The number of amides is 1. The van der Waals surface area contributed by atoms with Crippen LogP contribution in [0.2, 0.25) is 0 Å². The van der Waals surface area contributed by atoms with E-state index in [1.54, 1.807) is 6.92 Å². The zero-order chi connectivity index (χ0) is 18.4. The first kappa shape index (κ1) is 19.2. The summed E-state index contributed by atoms with van der Waals surface area (Å²) in [6.45, 7) is 8.44. The van der Waals surface area contributed by atoms with Gasteiger partial charge in [-0.1, -0.05) is 18.2 Å². The first-order chi connectivity index (χ1) is 11.8. The normalized spacial score (nSPS) is 20.6. The number of benzene rings is 1. The first-order valence-electron chi connectivity index (χ1n) is 8.80. The molecule has 1 aromatic rings. The molecule has 2 atom stereocenters. The zero-order valence-corrected chi connectivity index (χ0v) is 15.4. The standard InChI is InChI=1S/C19H28N2O4/c1-5-24-17(22)14-10-8-12-20-16(14)13-9-6-7-11-15(13)21-18(23)25-19(2,3)4/h6-7,9,11,14,16,20H,5,8,10,12H2,1-4H3,(H,21,23). The van der Waals surface area contributed by atoms with Crippen molar-refractivity contribution in [3.05, 3.63) is 29.8 Å². The lowest BCUT2D eigenvalue weighted by Gasteiger charge is -2.32. The predicted molar refractivity (Wildman–Crippen MR) is 96.4 cm³/mol. The highest BCUT2D eigenvalue weighted by Gasteiger charge is 2.34. The number of para-hydroxylation sites is 1. The second-order valence-corrected chi connectivity index (χ2v) is 7.15. The summed E-state index contributed by atoms with van der Waals surface area (Å²) in [5.74, 6) is -0.470. The fourth-order valence-electron chi connectivity index (χ4n) is 3.01. The second kappa shape index (κ2) is 8.34. The van der Waals surface area contributed by atoms with Gasteiger partial charge in [0, 0.05) is 11.7 Å². The molecule has 138 valence electrons. The number of nitrogens with one attached hydrogen (secondary N) is 2. The number of hydrogen-bond acceptors (Lipinski definition) is 5. The van der Waals surface area contributed by atoms with E-state index in [1.807, 2.05) is 45.0 Å². The molecule has 1 aromatic carbocycles. The minimum absolute atomic E-state index is 0.195. The van der Waals surface area contributed by atoms with Gasteiger partial charge in [0.15, 0.2) is 0 Å². The van der Waals surface area contributed by atoms with Gasteiger partial charge >= 0.3 is 12.1 Å². The van der Waals surface area contributed by atoms with Gasteiger partial charge in [0.25, 0.3) is 0 Å². The molecule has 1 amide bonds. The molecule has 1 aliphatic rings. The molecule has 0 radical (unpaired) electrons. The molecule has 0 aliphatic carbocycles. The molecule has 0 saturated carbocycles. The van der Waals surface area contributed by atoms with E-state index >= 15 is 0 Å². The van der Waals surface area contributed by atoms with Crippen molar-refractivity contribution in [2.45, 2.75) is 52.2 Å². The Bertz CT molecular complexity index is 610. The third-order valence-electron chi connectivity index (χ3n) is 3.98. The number of rotatable bonds is 4. The van der Waals surface area contributed by atoms with Gasteiger partial charge in [-0.25, -0.2) is 4.79 Å². The molecular formula is C19H28N2O4. The highest BCUT2D eigenvalue weighted by atomic mass is 16.6. The first-order valence-corrected chi connectivity index (χ1v) is 8.80. The highest BCUT2D eigenvalue weighted by Crippen LogP contribution is 2.34. The Kier molecular flexibility index (Phi) is 6.42. The lowest BCUT2D eigenvalue weighted by atomic mass is 9.85. The van der Waals surface area contributed by atoms with Crippen LogP contribution in [0.3, 0.4) is 0 Å². The SMILES string of the molecule is CCOC(=O)C1CCCNC1c1ccccc1NC(=O)OC(C)(C)C. The molecule has 0 bridgehead atoms. The maximum absolute atomic E-state index is 12.3. The Morgan fingerprint density at radius 3 is 2.68 bits per heavy atom. The summed E-state index contributed by atoms with van der Waals surface area (Å²) in [4.78, 5) is 24.5. The minimum Gasteiger partial charge on any atom is -0.466 e. The van der Waals surface area contributed by atoms with E-state index in [1.165, 1.54) is 0 Å². The lowest BCUT2D eigenvalue weighted by Crippen LogP contribution is -2.39. The summed E-state index contributed by atoms with van der Waals surface area (Å²) >= 11 is 0. The number of carbonyl (C=O) groups is 2. The van der Waals surface area contributed by atoms with E-state index in [-0.39, 0.29) is 17.9 Å². The molecule has 2 unspecified atom stereocenters. The number of piperidine rings is 1. The summed E-state index contributed by atoms with van der Waals surface area (Å²) < 4.78 is 10.6. The van der Waals surface area contributed by atoms with E-state index in [2.05, 4.69) is 10.6 Å². The van der Waals surface area contributed by atoms with Crippen LogP contribution >= 0.6 is 0 Å². The van der Waals surface area contributed by atoms with Crippen molar-refractivity contribution in [3.8, 4) is 0 Å². The third kappa shape index (κ3) is 5.46. The topological polar surface area (TPSA) is 76.7 Å². The molecule has 2 rings (SSSR count). The van der Waals surface area contributed by atoms with Crippen LogP contribution in [-0.2, 0) is 14.3 Å². The Hall–Kier alpha value is -2.08. The summed E-state index contributed by atoms with van der Waals surface area (Å²) in [5, 5.41) is 6.20. The Morgan fingerprint density at radius 2 is 2.00 bits per heavy atom. The molecule has 0 spiro atoms. The fraction of sp³-hybridized carbons (Fsp3) is 0.579. The van der Waals surface area contributed by atoms with Crippen molar-refractivity contribution in [2.75, 3.05) is 18.5 Å². The molecule has 6 nitrogen and oxygen atoms in total. The minimum atomic E-state index is -0.574. The van der Waals surface area contributed by atoms with Crippen LogP contribution in [-0.4, -0.2) is 30.8 Å². The molecule has 1 aliphatic heterocycles. The van der Waals surface area contributed by atoms with Gasteiger partial charge in [0.05, 0.1) is 12.5 Å². The summed E-state index contributed by atoms with van der Waals surface area (Å²) in [6, 6.07) is 7.28. The number of anilines is 1. The fourth-order valence-corrected chi connectivity index (χ4v) is 3.01. The Labute approximate surface area is 149 Å². The van der Waals surface area contributed by atoms with E-state index < -0.39 is 11.7 Å². The van der Waals surface area contributed by atoms with E-state index in [9.17, 15) is 9.59 Å². The number of ether oxygens (including phenoxy) is 2. The van der Waals surface area contributed by atoms with Crippen LogP contribution in [0, 0.1) is 5.92 Å². The van der Waals surface area contributed by atoms with Crippen molar-refractivity contribution in [3.63, 3.8) is 0 Å². The maximum atomic E-state index is 12.3. The van der Waals surface area contributed by atoms with Crippen molar-refractivity contribution >= 4 is 17.7 Å². The van der Waals surface area contributed by atoms with Crippen molar-refractivity contribution < 1.29 is 19.1 Å². The van der Waals surface area contributed by atoms with E-state index in [0.717, 1.165) is 24.9 Å². The maximum Gasteiger partial charge on any atom is 0.412 e. The third-order valence-corrected chi connectivity index (χ3v) is 3.98. The second-order valence-electron chi connectivity index (χ2n) is 7.15. The predicted octanol–water partition coefficient (Wildman–Crippen LogP) is 3.64.